The summed E-state index contributed by atoms with van der Waals surface area (Å²) in [7, 11) is 0. The molecule has 4 nitrogen and oxygen atoms in total. The normalized spacial score (nSPS) is 24.1. The molecule has 4 heteroatoms. The number of carbonyl (C=O) groups is 1. The lowest BCUT2D eigenvalue weighted by atomic mass is 9.79. The lowest BCUT2D eigenvalue weighted by Gasteiger charge is -2.38. The number of hydrogen-bond donors (Lipinski definition) is 0. The van der Waals surface area contributed by atoms with Gasteiger partial charge in [-0.15, -0.1) is 0 Å². The number of amides is 1. The summed E-state index contributed by atoms with van der Waals surface area (Å²) >= 11 is 0. The number of likely N-dealkylation sites (tertiary alicyclic amines) is 1. The average molecular weight is 324 g/mol. The van der Waals surface area contributed by atoms with Crippen molar-refractivity contribution in [3.63, 3.8) is 0 Å². The number of hydrogen-bond acceptors (Lipinski definition) is 3. The zero-order valence-electron chi connectivity index (χ0n) is 14.1. The van der Waals surface area contributed by atoms with Crippen molar-refractivity contribution in [2.45, 2.75) is 44.4 Å². The average Bonchev–Trinajstić information content (AvgIpc) is 3.38. The van der Waals surface area contributed by atoms with Gasteiger partial charge in [-0.25, -0.2) is 0 Å². The van der Waals surface area contributed by atoms with Crippen LogP contribution in [0.1, 0.15) is 66.3 Å². The molecular formula is C20H24N2O2. The molecule has 0 N–H and O–H groups in total. The summed E-state index contributed by atoms with van der Waals surface area (Å²) in [5, 5.41) is 4.01. The molecule has 4 rings (SSSR count). The molecule has 2 atom stereocenters. The Hall–Kier alpha value is -2.10. The van der Waals surface area contributed by atoms with Crippen LogP contribution in [-0.2, 0) is 0 Å². The summed E-state index contributed by atoms with van der Waals surface area (Å²) in [5.41, 5.74) is 1.87. The van der Waals surface area contributed by atoms with E-state index in [9.17, 15) is 4.79 Å². The lowest BCUT2D eigenvalue weighted by Crippen LogP contribution is -2.43. The SMILES string of the molecule is CC[C@H]1CN(C(=O)c2cc(C3CC3)on2)CC[C@@H]1c1ccccc1. The van der Waals surface area contributed by atoms with E-state index in [0.29, 0.717) is 23.4 Å². The molecule has 0 spiro atoms. The predicted octanol–water partition coefficient (Wildman–Crippen LogP) is 4.21. The molecule has 1 amide bonds. The predicted molar refractivity (Wildman–Crippen MR) is 92.0 cm³/mol. The van der Waals surface area contributed by atoms with Gasteiger partial charge in [-0.1, -0.05) is 48.8 Å². The first-order valence-corrected chi connectivity index (χ1v) is 9.07. The minimum Gasteiger partial charge on any atom is -0.360 e. The summed E-state index contributed by atoms with van der Waals surface area (Å²) in [6.07, 6.45) is 4.41. The molecule has 1 saturated carbocycles. The van der Waals surface area contributed by atoms with Gasteiger partial charge in [0.25, 0.3) is 5.91 Å². The van der Waals surface area contributed by atoms with Gasteiger partial charge < -0.3 is 9.42 Å². The maximum atomic E-state index is 12.8. The van der Waals surface area contributed by atoms with Crippen LogP contribution in [0.25, 0.3) is 0 Å². The summed E-state index contributed by atoms with van der Waals surface area (Å²) in [6, 6.07) is 12.5. The van der Waals surface area contributed by atoms with E-state index in [0.717, 1.165) is 44.5 Å². The molecule has 0 bridgehead atoms. The second kappa shape index (κ2) is 6.42. The van der Waals surface area contributed by atoms with Crippen molar-refractivity contribution in [2.24, 2.45) is 5.92 Å². The van der Waals surface area contributed by atoms with E-state index < -0.39 is 0 Å². The Morgan fingerprint density at radius 3 is 2.75 bits per heavy atom. The van der Waals surface area contributed by atoms with Crippen molar-refractivity contribution in [2.75, 3.05) is 13.1 Å². The second-order valence-corrected chi connectivity index (χ2v) is 7.11. The van der Waals surface area contributed by atoms with Crippen LogP contribution >= 0.6 is 0 Å². The molecule has 2 aromatic rings. The standard InChI is InChI=1S/C20H24N2O2/c1-2-14-13-22(11-10-17(14)15-6-4-3-5-7-15)20(23)18-12-19(24-21-18)16-8-9-16/h3-7,12,14,16-17H,2,8-11,13H2,1H3/t14-,17-/m0/s1. The summed E-state index contributed by atoms with van der Waals surface area (Å²) in [5.74, 6) is 2.44. The molecule has 126 valence electrons. The third-order valence-electron chi connectivity index (χ3n) is 5.50. The van der Waals surface area contributed by atoms with Gasteiger partial charge in [0.1, 0.15) is 5.76 Å². The van der Waals surface area contributed by atoms with Crippen molar-refractivity contribution < 1.29 is 9.32 Å². The lowest BCUT2D eigenvalue weighted by molar-refractivity contribution is 0.0635. The number of rotatable bonds is 4. The zero-order chi connectivity index (χ0) is 16.5. The smallest absolute Gasteiger partial charge is 0.276 e. The van der Waals surface area contributed by atoms with E-state index in [1.54, 1.807) is 0 Å². The Balaban J connectivity index is 1.46. The third kappa shape index (κ3) is 2.97. The van der Waals surface area contributed by atoms with E-state index in [4.69, 9.17) is 4.52 Å². The number of aromatic nitrogens is 1. The number of carbonyl (C=O) groups excluding carboxylic acids is 1. The van der Waals surface area contributed by atoms with Gasteiger partial charge in [-0.2, -0.15) is 0 Å². The van der Waals surface area contributed by atoms with Crippen LogP contribution in [0.5, 0.6) is 0 Å². The monoisotopic (exact) mass is 324 g/mol. The van der Waals surface area contributed by atoms with Gasteiger partial charge in [0.05, 0.1) is 0 Å². The number of benzene rings is 1. The van der Waals surface area contributed by atoms with Crippen LogP contribution in [0.15, 0.2) is 40.9 Å². The molecule has 1 saturated heterocycles. The Kier molecular flexibility index (Phi) is 4.13. The first kappa shape index (κ1) is 15.4. The van der Waals surface area contributed by atoms with Gasteiger partial charge >= 0.3 is 0 Å². The first-order valence-electron chi connectivity index (χ1n) is 9.07. The summed E-state index contributed by atoms with van der Waals surface area (Å²) in [6.45, 7) is 3.82. The molecule has 1 aromatic carbocycles. The molecule has 2 aliphatic rings. The highest BCUT2D eigenvalue weighted by molar-refractivity contribution is 5.92. The maximum absolute atomic E-state index is 12.8. The van der Waals surface area contributed by atoms with Gasteiger partial charge in [-0.05, 0) is 36.7 Å². The van der Waals surface area contributed by atoms with E-state index in [1.165, 1.54) is 5.56 Å². The fourth-order valence-electron chi connectivity index (χ4n) is 3.88. The maximum Gasteiger partial charge on any atom is 0.276 e. The van der Waals surface area contributed by atoms with Crippen LogP contribution < -0.4 is 0 Å². The van der Waals surface area contributed by atoms with E-state index in [2.05, 4.69) is 42.4 Å². The van der Waals surface area contributed by atoms with Gasteiger partial charge in [0, 0.05) is 25.1 Å². The highest BCUT2D eigenvalue weighted by Crippen LogP contribution is 2.40. The largest absolute Gasteiger partial charge is 0.360 e. The topological polar surface area (TPSA) is 46.3 Å². The van der Waals surface area contributed by atoms with Crippen LogP contribution in [-0.4, -0.2) is 29.1 Å². The van der Waals surface area contributed by atoms with Gasteiger partial charge in [0.2, 0.25) is 0 Å². The number of nitrogens with zero attached hydrogens (tertiary/aromatic N) is 2. The van der Waals surface area contributed by atoms with Crippen LogP contribution in [0.2, 0.25) is 0 Å². The molecule has 2 heterocycles. The van der Waals surface area contributed by atoms with E-state index in [1.807, 2.05) is 11.0 Å². The quantitative estimate of drug-likeness (QED) is 0.846. The Bertz CT molecular complexity index is 705. The summed E-state index contributed by atoms with van der Waals surface area (Å²) in [4.78, 5) is 14.7. The fourth-order valence-corrected chi connectivity index (χ4v) is 3.88. The Morgan fingerprint density at radius 2 is 2.04 bits per heavy atom. The molecule has 24 heavy (non-hydrogen) atoms. The number of piperidine rings is 1. The molecule has 1 aliphatic heterocycles. The highest BCUT2D eigenvalue weighted by atomic mass is 16.5. The molecule has 2 fully saturated rings. The molecule has 0 unspecified atom stereocenters. The van der Waals surface area contributed by atoms with Crippen molar-refractivity contribution in [1.82, 2.24) is 10.1 Å². The minimum absolute atomic E-state index is 0.0237. The van der Waals surface area contributed by atoms with Crippen molar-refractivity contribution in [1.29, 1.82) is 0 Å². The first-order chi connectivity index (χ1) is 11.8. The zero-order valence-corrected chi connectivity index (χ0v) is 14.1. The van der Waals surface area contributed by atoms with Gasteiger partial charge in [0.15, 0.2) is 5.69 Å². The van der Waals surface area contributed by atoms with Crippen molar-refractivity contribution in [3.8, 4) is 0 Å². The molecule has 1 aromatic heterocycles. The van der Waals surface area contributed by atoms with Crippen molar-refractivity contribution in [3.05, 3.63) is 53.4 Å². The van der Waals surface area contributed by atoms with Crippen LogP contribution in [0, 0.1) is 5.92 Å². The minimum atomic E-state index is 0.0237. The third-order valence-corrected chi connectivity index (χ3v) is 5.50. The van der Waals surface area contributed by atoms with Gasteiger partial charge in [-0.3, -0.25) is 4.79 Å². The van der Waals surface area contributed by atoms with E-state index in [-0.39, 0.29) is 5.91 Å². The summed E-state index contributed by atoms with van der Waals surface area (Å²) < 4.78 is 5.35. The van der Waals surface area contributed by atoms with Crippen LogP contribution in [0.3, 0.4) is 0 Å². The van der Waals surface area contributed by atoms with E-state index >= 15 is 0 Å². The molecule has 0 radical (unpaired) electrons. The van der Waals surface area contributed by atoms with Crippen LogP contribution in [0.4, 0.5) is 0 Å². The second-order valence-electron chi connectivity index (χ2n) is 7.11. The molecule has 1 aliphatic carbocycles. The Labute approximate surface area is 142 Å². The molecular weight excluding hydrogens is 300 g/mol. The fraction of sp³-hybridized carbons (Fsp3) is 0.500. The van der Waals surface area contributed by atoms with Crippen molar-refractivity contribution >= 4 is 5.91 Å². The highest BCUT2D eigenvalue weighted by Gasteiger charge is 2.34. The Morgan fingerprint density at radius 1 is 1.25 bits per heavy atom.